The van der Waals surface area contributed by atoms with Crippen LogP contribution in [0.4, 0.5) is 4.79 Å². The highest BCUT2D eigenvalue weighted by Gasteiger charge is 2.53. The lowest BCUT2D eigenvalue weighted by atomic mass is 9.98. The summed E-state index contributed by atoms with van der Waals surface area (Å²) in [5.41, 5.74) is -0.753. The fraction of sp³-hybridized carbons (Fsp3) is 0.647. The average Bonchev–Trinajstić information content (AvgIpc) is 3.35. The first-order valence-corrected chi connectivity index (χ1v) is 9.00. The molecule has 1 N–H and O–H groups in total. The molecule has 1 atom stereocenters. The van der Waals surface area contributed by atoms with Crippen LogP contribution in [-0.2, 0) is 16.1 Å². The van der Waals surface area contributed by atoms with Gasteiger partial charge in [0.1, 0.15) is 12.1 Å². The Hall–Kier alpha value is -2.38. The standard InChI is InChI=1S/C17H23N5O3/c23-14(21-10-3-5-13(21)11-20-9-4-8-18-20)12-22-15(24)17(19-16(22)25)6-1-2-7-17/h4,8-9,13H,1-3,5-7,10-12H2,(H,19,25). The smallest absolute Gasteiger partial charge is 0.325 e. The molecule has 3 heterocycles. The number of likely N-dealkylation sites (tertiary alicyclic amines) is 1. The quantitative estimate of drug-likeness (QED) is 0.815. The van der Waals surface area contributed by atoms with Crippen LogP contribution in [0, 0.1) is 0 Å². The van der Waals surface area contributed by atoms with E-state index >= 15 is 0 Å². The second-order valence-electron chi connectivity index (χ2n) is 7.22. The molecule has 1 aromatic rings. The van der Waals surface area contributed by atoms with E-state index in [4.69, 9.17) is 0 Å². The van der Waals surface area contributed by atoms with Gasteiger partial charge in [0.05, 0.1) is 12.6 Å². The van der Waals surface area contributed by atoms with Gasteiger partial charge < -0.3 is 10.2 Å². The molecule has 8 nitrogen and oxygen atoms in total. The SMILES string of the molecule is O=C1NC2(CCCC2)C(=O)N1CC(=O)N1CCCC1Cn1cccn1. The van der Waals surface area contributed by atoms with E-state index in [1.165, 1.54) is 0 Å². The van der Waals surface area contributed by atoms with Crippen molar-refractivity contribution in [1.29, 1.82) is 0 Å². The Morgan fingerprint density at radius 1 is 1.28 bits per heavy atom. The van der Waals surface area contributed by atoms with Crippen molar-refractivity contribution in [3.8, 4) is 0 Å². The molecule has 0 bridgehead atoms. The Morgan fingerprint density at radius 2 is 2.08 bits per heavy atom. The molecule has 2 aliphatic heterocycles. The molecule has 8 heteroatoms. The van der Waals surface area contributed by atoms with Gasteiger partial charge in [-0.3, -0.25) is 19.2 Å². The van der Waals surface area contributed by atoms with Crippen molar-refractivity contribution in [2.75, 3.05) is 13.1 Å². The Labute approximate surface area is 146 Å². The third kappa shape index (κ3) is 2.79. The van der Waals surface area contributed by atoms with E-state index in [1.54, 1.807) is 11.1 Å². The molecule has 3 aliphatic rings. The van der Waals surface area contributed by atoms with Crippen molar-refractivity contribution in [1.82, 2.24) is 24.9 Å². The fourth-order valence-corrected chi connectivity index (χ4v) is 4.34. The van der Waals surface area contributed by atoms with Gasteiger partial charge in [0.2, 0.25) is 5.91 Å². The number of hydrogen-bond acceptors (Lipinski definition) is 4. The van der Waals surface area contributed by atoms with Crippen molar-refractivity contribution >= 4 is 17.8 Å². The highest BCUT2D eigenvalue weighted by Crippen LogP contribution is 2.35. The maximum atomic E-state index is 12.8. The fourth-order valence-electron chi connectivity index (χ4n) is 4.34. The summed E-state index contributed by atoms with van der Waals surface area (Å²) in [6, 6.07) is 1.49. The van der Waals surface area contributed by atoms with Crippen LogP contribution in [0.2, 0.25) is 0 Å². The summed E-state index contributed by atoms with van der Waals surface area (Å²) in [6.45, 7) is 1.14. The minimum atomic E-state index is -0.753. The predicted octanol–water partition coefficient (Wildman–Crippen LogP) is 0.739. The highest BCUT2D eigenvalue weighted by atomic mass is 16.2. The number of rotatable bonds is 4. The van der Waals surface area contributed by atoms with Gasteiger partial charge in [0, 0.05) is 18.9 Å². The molecule has 4 amide bonds. The zero-order valence-corrected chi connectivity index (χ0v) is 14.2. The van der Waals surface area contributed by atoms with Gasteiger partial charge in [0.25, 0.3) is 5.91 Å². The minimum Gasteiger partial charge on any atom is -0.336 e. The second-order valence-corrected chi connectivity index (χ2v) is 7.22. The van der Waals surface area contributed by atoms with Crippen molar-refractivity contribution in [3.63, 3.8) is 0 Å². The first-order valence-electron chi connectivity index (χ1n) is 9.00. The lowest BCUT2D eigenvalue weighted by Crippen LogP contribution is -2.47. The maximum absolute atomic E-state index is 12.8. The number of nitrogens with one attached hydrogen (secondary N) is 1. The molecule has 1 aromatic heterocycles. The van der Waals surface area contributed by atoms with Crippen molar-refractivity contribution in [2.24, 2.45) is 0 Å². The van der Waals surface area contributed by atoms with Crippen LogP contribution in [0.15, 0.2) is 18.5 Å². The number of imide groups is 1. The van der Waals surface area contributed by atoms with Crippen molar-refractivity contribution in [3.05, 3.63) is 18.5 Å². The topological polar surface area (TPSA) is 87.5 Å². The van der Waals surface area contributed by atoms with E-state index in [0.29, 0.717) is 25.9 Å². The van der Waals surface area contributed by atoms with E-state index in [2.05, 4.69) is 10.4 Å². The molecule has 2 saturated heterocycles. The lowest BCUT2D eigenvalue weighted by Gasteiger charge is -2.26. The summed E-state index contributed by atoms with van der Waals surface area (Å²) < 4.78 is 1.82. The van der Waals surface area contributed by atoms with E-state index < -0.39 is 11.6 Å². The number of amides is 4. The van der Waals surface area contributed by atoms with Gasteiger partial charge in [-0.15, -0.1) is 0 Å². The third-order valence-electron chi connectivity index (χ3n) is 5.65. The summed E-state index contributed by atoms with van der Waals surface area (Å²) in [5.74, 6) is -0.389. The normalized spacial score (nSPS) is 25.2. The predicted molar refractivity (Wildman–Crippen MR) is 88.4 cm³/mol. The molecule has 134 valence electrons. The van der Waals surface area contributed by atoms with Crippen LogP contribution in [-0.4, -0.2) is 62.1 Å². The Kier molecular flexibility index (Phi) is 3.97. The Balaban J connectivity index is 1.42. The molecule has 1 aliphatic carbocycles. The third-order valence-corrected chi connectivity index (χ3v) is 5.65. The zero-order valence-electron chi connectivity index (χ0n) is 14.2. The van der Waals surface area contributed by atoms with E-state index in [1.807, 2.05) is 16.9 Å². The second kappa shape index (κ2) is 6.16. The first kappa shape index (κ1) is 16.1. The first-order chi connectivity index (χ1) is 12.1. The van der Waals surface area contributed by atoms with Gasteiger partial charge in [-0.1, -0.05) is 12.8 Å². The van der Waals surface area contributed by atoms with Crippen LogP contribution >= 0.6 is 0 Å². The van der Waals surface area contributed by atoms with Crippen molar-refractivity contribution in [2.45, 2.75) is 56.7 Å². The summed E-state index contributed by atoms with van der Waals surface area (Å²) in [4.78, 5) is 40.6. The number of aromatic nitrogens is 2. The van der Waals surface area contributed by atoms with Gasteiger partial charge in [-0.05, 0) is 31.7 Å². The number of carbonyl (C=O) groups is 3. The van der Waals surface area contributed by atoms with E-state index in [9.17, 15) is 14.4 Å². The van der Waals surface area contributed by atoms with Gasteiger partial charge in [-0.2, -0.15) is 5.10 Å². The molecular formula is C17H23N5O3. The van der Waals surface area contributed by atoms with Crippen LogP contribution < -0.4 is 5.32 Å². The minimum absolute atomic E-state index is 0.0635. The monoisotopic (exact) mass is 345 g/mol. The highest BCUT2D eigenvalue weighted by molar-refractivity contribution is 6.09. The summed E-state index contributed by atoms with van der Waals surface area (Å²) >= 11 is 0. The molecular weight excluding hydrogens is 322 g/mol. The van der Waals surface area contributed by atoms with Crippen LogP contribution in [0.1, 0.15) is 38.5 Å². The molecule has 25 heavy (non-hydrogen) atoms. The molecule has 1 saturated carbocycles. The number of nitrogens with zero attached hydrogens (tertiary/aromatic N) is 4. The average molecular weight is 345 g/mol. The summed E-state index contributed by atoms with van der Waals surface area (Å²) in [6.07, 6.45) is 8.66. The van der Waals surface area contributed by atoms with Crippen LogP contribution in [0.5, 0.6) is 0 Å². The molecule has 1 unspecified atom stereocenters. The van der Waals surface area contributed by atoms with Gasteiger partial charge in [-0.25, -0.2) is 4.79 Å². The lowest BCUT2D eigenvalue weighted by molar-refractivity contribution is -0.139. The van der Waals surface area contributed by atoms with Crippen LogP contribution in [0.3, 0.4) is 0 Å². The molecule has 0 radical (unpaired) electrons. The molecule has 3 fully saturated rings. The van der Waals surface area contributed by atoms with Gasteiger partial charge >= 0.3 is 6.03 Å². The Morgan fingerprint density at radius 3 is 2.80 bits per heavy atom. The number of hydrogen-bond donors (Lipinski definition) is 1. The largest absolute Gasteiger partial charge is 0.336 e. The number of carbonyl (C=O) groups excluding carboxylic acids is 3. The maximum Gasteiger partial charge on any atom is 0.325 e. The molecule has 1 spiro atoms. The van der Waals surface area contributed by atoms with Gasteiger partial charge in [0.15, 0.2) is 0 Å². The summed E-state index contributed by atoms with van der Waals surface area (Å²) in [7, 11) is 0. The van der Waals surface area contributed by atoms with E-state index in [0.717, 1.165) is 30.6 Å². The van der Waals surface area contributed by atoms with Crippen LogP contribution in [0.25, 0.3) is 0 Å². The Bertz CT molecular complexity index is 680. The zero-order chi connectivity index (χ0) is 17.4. The molecule has 0 aromatic carbocycles. The van der Waals surface area contributed by atoms with E-state index in [-0.39, 0.29) is 24.4 Å². The molecule has 4 rings (SSSR count). The van der Waals surface area contributed by atoms with Crippen molar-refractivity contribution < 1.29 is 14.4 Å². The number of urea groups is 1. The summed E-state index contributed by atoms with van der Waals surface area (Å²) in [5, 5.41) is 7.02.